The molecule has 1 heterocycles. The van der Waals surface area contributed by atoms with Gasteiger partial charge in [0.2, 0.25) is 0 Å². The largest absolute Gasteiger partial charge is 0.449 e. The monoisotopic (exact) mass is 318 g/mol. The standard InChI is InChI=1S/C12H13F3N4O3/c1-2-22-11(21)19-18-6-5-17-10(20)8-7-16-4-3-9(8)12(13,14)15/h3-4,6-7H,2,5H2,1H3,(H,17,20)(H,19,21). The fourth-order valence-electron chi connectivity index (χ4n) is 1.36. The molecule has 0 aromatic carbocycles. The number of amides is 2. The van der Waals surface area contributed by atoms with E-state index in [1.807, 2.05) is 5.43 Å². The van der Waals surface area contributed by atoms with Crippen molar-refractivity contribution >= 4 is 18.2 Å². The Labute approximate surface area is 123 Å². The topological polar surface area (TPSA) is 92.7 Å². The smallest absolute Gasteiger partial charge is 0.427 e. The summed E-state index contributed by atoms with van der Waals surface area (Å²) in [6.45, 7) is 1.59. The van der Waals surface area contributed by atoms with E-state index in [9.17, 15) is 22.8 Å². The molecule has 0 aliphatic carbocycles. The number of nitrogens with zero attached hydrogens (tertiary/aromatic N) is 2. The fraction of sp³-hybridized carbons (Fsp3) is 0.333. The lowest BCUT2D eigenvalue weighted by Crippen LogP contribution is -2.28. The van der Waals surface area contributed by atoms with Gasteiger partial charge in [0.15, 0.2) is 0 Å². The maximum Gasteiger partial charge on any atom is 0.427 e. The Morgan fingerprint density at radius 2 is 2.18 bits per heavy atom. The van der Waals surface area contributed by atoms with Gasteiger partial charge in [0.05, 0.1) is 24.3 Å². The van der Waals surface area contributed by atoms with Gasteiger partial charge in [-0.3, -0.25) is 9.78 Å². The molecule has 2 N–H and O–H groups in total. The Bertz CT molecular complexity index is 561. The number of carbonyl (C=O) groups excluding carboxylic acids is 2. The second-order valence-corrected chi connectivity index (χ2v) is 3.77. The first-order chi connectivity index (χ1) is 10.4. The molecule has 2 amide bonds. The first kappa shape index (κ1) is 17.4. The minimum atomic E-state index is -4.66. The second kappa shape index (κ2) is 7.96. The number of hydrogen-bond donors (Lipinski definition) is 2. The van der Waals surface area contributed by atoms with Crippen LogP contribution in [0.2, 0.25) is 0 Å². The quantitative estimate of drug-likeness (QED) is 0.636. The molecule has 10 heteroatoms. The Hall–Kier alpha value is -2.65. The summed E-state index contributed by atoms with van der Waals surface area (Å²) < 4.78 is 42.7. The van der Waals surface area contributed by atoms with Crippen LogP contribution in [0.3, 0.4) is 0 Å². The molecule has 0 saturated heterocycles. The Morgan fingerprint density at radius 3 is 2.82 bits per heavy atom. The van der Waals surface area contributed by atoms with Crippen LogP contribution in [-0.4, -0.2) is 36.4 Å². The third-order valence-corrected chi connectivity index (χ3v) is 2.25. The number of nitrogens with one attached hydrogen (secondary N) is 2. The van der Waals surface area contributed by atoms with E-state index in [-0.39, 0.29) is 13.2 Å². The van der Waals surface area contributed by atoms with Crippen molar-refractivity contribution in [2.24, 2.45) is 5.10 Å². The minimum Gasteiger partial charge on any atom is -0.449 e. The highest BCUT2D eigenvalue weighted by atomic mass is 19.4. The first-order valence-corrected chi connectivity index (χ1v) is 6.10. The summed E-state index contributed by atoms with van der Waals surface area (Å²) >= 11 is 0. The van der Waals surface area contributed by atoms with Crippen LogP contribution in [0.25, 0.3) is 0 Å². The number of hydrazone groups is 1. The van der Waals surface area contributed by atoms with Gasteiger partial charge in [-0.15, -0.1) is 0 Å². The zero-order valence-corrected chi connectivity index (χ0v) is 11.5. The van der Waals surface area contributed by atoms with E-state index >= 15 is 0 Å². The highest BCUT2D eigenvalue weighted by Gasteiger charge is 2.35. The summed E-state index contributed by atoms with van der Waals surface area (Å²) in [5.41, 5.74) is 0.320. The van der Waals surface area contributed by atoms with Crippen LogP contribution >= 0.6 is 0 Å². The molecule has 0 aliphatic rings. The summed E-state index contributed by atoms with van der Waals surface area (Å²) in [6.07, 6.45) is -2.57. The van der Waals surface area contributed by atoms with Crippen molar-refractivity contribution in [3.05, 3.63) is 29.6 Å². The molecular weight excluding hydrogens is 305 g/mol. The average Bonchev–Trinajstić information content (AvgIpc) is 2.46. The molecule has 1 aromatic rings. The van der Waals surface area contributed by atoms with Gasteiger partial charge in [-0.25, -0.2) is 10.2 Å². The molecule has 0 saturated carbocycles. The van der Waals surface area contributed by atoms with Gasteiger partial charge in [-0.1, -0.05) is 0 Å². The van der Waals surface area contributed by atoms with Crippen LogP contribution in [0, 0.1) is 0 Å². The van der Waals surface area contributed by atoms with Crippen molar-refractivity contribution in [1.82, 2.24) is 15.7 Å². The van der Waals surface area contributed by atoms with Gasteiger partial charge in [0, 0.05) is 18.6 Å². The maximum atomic E-state index is 12.7. The number of carbonyl (C=O) groups is 2. The molecule has 1 aromatic heterocycles. The van der Waals surface area contributed by atoms with Crippen LogP contribution in [0.4, 0.5) is 18.0 Å². The Balaban J connectivity index is 2.57. The van der Waals surface area contributed by atoms with Crippen molar-refractivity contribution in [2.75, 3.05) is 13.2 Å². The van der Waals surface area contributed by atoms with Gasteiger partial charge in [-0.2, -0.15) is 18.3 Å². The van der Waals surface area contributed by atoms with Crippen molar-refractivity contribution in [3.63, 3.8) is 0 Å². The predicted molar refractivity (Wildman–Crippen MR) is 70.2 cm³/mol. The van der Waals surface area contributed by atoms with E-state index in [1.54, 1.807) is 6.92 Å². The van der Waals surface area contributed by atoms with Crippen LogP contribution in [-0.2, 0) is 10.9 Å². The highest BCUT2D eigenvalue weighted by molar-refractivity contribution is 5.96. The molecule has 0 spiro atoms. The molecule has 0 bridgehead atoms. The van der Waals surface area contributed by atoms with E-state index < -0.39 is 29.3 Å². The second-order valence-electron chi connectivity index (χ2n) is 3.77. The molecule has 120 valence electrons. The molecule has 0 atom stereocenters. The number of ether oxygens (including phenoxy) is 1. The van der Waals surface area contributed by atoms with Crippen LogP contribution in [0.5, 0.6) is 0 Å². The molecule has 0 fully saturated rings. The van der Waals surface area contributed by atoms with E-state index in [1.165, 1.54) is 0 Å². The SMILES string of the molecule is CCOC(=O)NN=CCNC(=O)c1cnccc1C(F)(F)F. The molecular formula is C12H13F3N4O3. The number of halogens is 3. The van der Waals surface area contributed by atoms with Crippen molar-refractivity contribution < 1.29 is 27.5 Å². The zero-order chi connectivity index (χ0) is 16.6. The lowest BCUT2D eigenvalue weighted by atomic mass is 10.1. The number of alkyl halides is 3. The Morgan fingerprint density at radius 1 is 1.45 bits per heavy atom. The van der Waals surface area contributed by atoms with Gasteiger partial charge in [-0.05, 0) is 13.0 Å². The predicted octanol–water partition coefficient (Wildman–Crippen LogP) is 1.56. The number of hydrogen-bond acceptors (Lipinski definition) is 5. The van der Waals surface area contributed by atoms with E-state index in [0.29, 0.717) is 6.07 Å². The summed E-state index contributed by atoms with van der Waals surface area (Å²) in [6, 6.07) is 0.714. The molecule has 7 nitrogen and oxygen atoms in total. The number of aromatic nitrogens is 1. The van der Waals surface area contributed by atoms with Crippen LogP contribution in [0.15, 0.2) is 23.6 Å². The number of pyridine rings is 1. The van der Waals surface area contributed by atoms with Gasteiger partial charge >= 0.3 is 12.3 Å². The minimum absolute atomic E-state index is 0.166. The normalized spacial score (nSPS) is 11.3. The third-order valence-electron chi connectivity index (χ3n) is 2.25. The van der Waals surface area contributed by atoms with Gasteiger partial charge in [0.1, 0.15) is 0 Å². The lowest BCUT2D eigenvalue weighted by molar-refractivity contribution is -0.138. The van der Waals surface area contributed by atoms with E-state index in [4.69, 9.17) is 0 Å². The zero-order valence-electron chi connectivity index (χ0n) is 11.5. The van der Waals surface area contributed by atoms with Crippen molar-refractivity contribution in [2.45, 2.75) is 13.1 Å². The lowest BCUT2D eigenvalue weighted by Gasteiger charge is -2.11. The molecule has 0 aliphatic heterocycles. The van der Waals surface area contributed by atoms with E-state index in [0.717, 1.165) is 18.6 Å². The molecule has 0 unspecified atom stereocenters. The summed E-state index contributed by atoms with van der Waals surface area (Å²) in [5, 5.41) is 5.62. The molecule has 1 rings (SSSR count). The van der Waals surface area contributed by atoms with Crippen LogP contribution < -0.4 is 10.7 Å². The number of rotatable bonds is 5. The van der Waals surface area contributed by atoms with Crippen molar-refractivity contribution in [3.8, 4) is 0 Å². The third kappa shape index (κ3) is 5.38. The summed E-state index contributed by atoms with van der Waals surface area (Å²) in [7, 11) is 0. The van der Waals surface area contributed by atoms with Gasteiger partial charge in [0.25, 0.3) is 5.91 Å². The van der Waals surface area contributed by atoms with Gasteiger partial charge < -0.3 is 10.1 Å². The maximum absolute atomic E-state index is 12.7. The van der Waals surface area contributed by atoms with Crippen molar-refractivity contribution in [1.29, 1.82) is 0 Å². The van der Waals surface area contributed by atoms with E-state index in [2.05, 4.69) is 20.1 Å². The molecule has 22 heavy (non-hydrogen) atoms. The summed E-state index contributed by atoms with van der Waals surface area (Å²) in [4.78, 5) is 26.0. The Kier molecular flexibility index (Phi) is 6.29. The van der Waals surface area contributed by atoms with Crippen LogP contribution in [0.1, 0.15) is 22.8 Å². The first-order valence-electron chi connectivity index (χ1n) is 6.10. The fourth-order valence-corrected chi connectivity index (χ4v) is 1.36. The molecule has 0 radical (unpaired) electrons. The average molecular weight is 318 g/mol. The highest BCUT2D eigenvalue weighted by Crippen LogP contribution is 2.31. The summed E-state index contributed by atoms with van der Waals surface area (Å²) in [5.74, 6) is -0.956.